The molecule has 0 spiro atoms. The first-order valence-corrected chi connectivity index (χ1v) is 8.31. The van der Waals surface area contributed by atoms with Crippen LogP contribution in [0.25, 0.3) is 0 Å². The number of hydrogen-bond donors (Lipinski definition) is 2. The molecule has 0 fully saturated rings. The van der Waals surface area contributed by atoms with Crippen molar-refractivity contribution in [3.63, 3.8) is 0 Å². The van der Waals surface area contributed by atoms with Gasteiger partial charge in [-0.15, -0.1) is 0 Å². The van der Waals surface area contributed by atoms with Crippen molar-refractivity contribution in [1.82, 2.24) is 15.5 Å². The Kier molecular flexibility index (Phi) is 8.46. The van der Waals surface area contributed by atoms with Gasteiger partial charge in [0.1, 0.15) is 11.5 Å². The summed E-state index contributed by atoms with van der Waals surface area (Å²) in [6, 6.07) is 4.02. The molecule has 0 unspecified atom stereocenters. The van der Waals surface area contributed by atoms with Gasteiger partial charge in [-0.25, -0.2) is 0 Å². The summed E-state index contributed by atoms with van der Waals surface area (Å²) in [6.07, 6.45) is 0.924. The molecule has 0 amide bonds. The molecule has 22 heavy (non-hydrogen) atoms. The average molecular weight is 328 g/mol. The maximum Gasteiger partial charge on any atom is 0.274 e. The van der Waals surface area contributed by atoms with Crippen LogP contribution in [0.3, 0.4) is 0 Å². The van der Waals surface area contributed by atoms with E-state index in [1.807, 2.05) is 12.1 Å². The summed E-state index contributed by atoms with van der Waals surface area (Å²) in [5, 5.41) is 16.1. The lowest BCUT2D eigenvalue weighted by Crippen LogP contribution is -2.26. The lowest BCUT2D eigenvalue weighted by Gasteiger charge is -2.10. The van der Waals surface area contributed by atoms with Crippen molar-refractivity contribution in [3.8, 4) is 0 Å². The molecule has 1 aromatic rings. The average Bonchev–Trinajstić information content (AvgIpc) is 2.92. The van der Waals surface area contributed by atoms with Crippen molar-refractivity contribution >= 4 is 11.8 Å². The molecule has 0 saturated carbocycles. The Morgan fingerprint density at radius 2 is 2.23 bits per heavy atom. The quantitative estimate of drug-likeness (QED) is 0.364. The molecule has 7 nitrogen and oxygen atoms in total. The van der Waals surface area contributed by atoms with Gasteiger partial charge in [0.15, 0.2) is 5.82 Å². The summed E-state index contributed by atoms with van der Waals surface area (Å²) in [7, 11) is 3.70. The highest BCUT2D eigenvalue weighted by Crippen LogP contribution is 2.16. The highest BCUT2D eigenvalue weighted by Gasteiger charge is 2.05. The molecular formula is C14H24N4O3S. The first kappa shape index (κ1) is 18.4. The van der Waals surface area contributed by atoms with E-state index in [2.05, 4.69) is 29.5 Å². The molecule has 8 heteroatoms. The normalized spacial score (nSPS) is 11.7. The second-order valence-corrected chi connectivity index (χ2v) is 5.86. The molecular weight excluding hydrogens is 304 g/mol. The zero-order chi connectivity index (χ0) is 16.4. The molecule has 2 N–H and O–H groups in total. The minimum absolute atomic E-state index is 0.411. The first-order chi connectivity index (χ1) is 10.5. The molecule has 0 aromatic carbocycles. The third-order valence-electron chi connectivity index (χ3n) is 2.99. The number of thioether (sulfide) groups is 1. The van der Waals surface area contributed by atoms with E-state index in [0.717, 1.165) is 42.3 Å². The van der Waals surface area contributed by atoms with Crippen molar-refractivity contribution in [1.29, 1.82) is 0 Å². The van der Waals surface area contributed by atoms with E-state index in [1.165, 1.54) is 0 Å². The van der Waals surface area contributed by atoms with Crippen LogP contribution in [0, 0.1) is 10.1 Å². The molecule has 0 aliphatic rings. The molecule has 1 rings (SSSR count). The van der Waals surface area contributed by atoms with Crippen LogP contribution in [0.2, 0.25) is 0 Å². The van der Waals surface area contributed by atoms with Crippen LogP contribution in [0.15, 0.2) is 28.6 Å². The van der Waals surface area contributed by atoms with E-state index < -0.39 is 4.92 Å². The number of nitrogens with one attached hydrogen (secondary N) is 2. The largest absolute Gasteiger partial charge is 0.464 e. The Labute approximate surface area is 135 Å². The van der Waals surface area contributed by atoms with Crippen LogP contribution < -0.4 is 10.6 Å². The predicted molar refractivity (Wildman–Crippen MR) is 89.0 cm³/mol. The van der Waals surface area contributed by atoms with Crippen LogP contribution in [0.1, 0.15) is 18.4 Å². The van der Waals surface area contributed by atoms with E-state index in [0.29, 0.717) is 12.4 Å². The minimum atomic E-state index is -0.482. The second kappa shape index (κ2) is 10.1. The van der Waals surface area contributed by atoms with Crippen molar-refractivity contribution in [3.05, 3.63) is 45.8 Å². The molecule has 124 valence electrons. The Morgan fingerprint density at radius 1 is 1.50 bits per heavy atom. The van der Waals surface area contributed by atoms with E-state index in [9.17, 15) is 10.1 Å². The van der Waals surface area contributed by atoms with E-state index in [4.69, 9.17) is 4.42 Å². The van der Waals surface area contributed by atoms with E-state index in [1.54, 1.807) is 18.8 Å². The summed E-state index contributed by atoms with van der Waals surface area (Å²) in [5.74, 6) is 3.98. The van der Waals surface area contributed by atoms with Crippen LogP contribution >= 0.6 is 11.8 Å². The molecule has 0 aliphatic heterocycles. The minimum Gasteiger partial charge on any atom is -0.464 e. The molecule has 0 aliphatic carbocycles. The monoisotopic (exact) mass is 328 g/mol. The van der Waals surface area contributed by atoms with E-state index in [-0.39, 0.29) is 0 Å². The SMILES string of the molecule is CCN(C)Cc1ccc(CSCCNC(=C[N+](=O)[O-])NC)o1. The van der Waals surface area contributed by atoms with Crippen LogP contribution in [-0.2, 0) is 12.3 Å². The van der Waals surface area contributed by atoms with Gasteiger partial charge in [-0.2, -0.15) is 11.8 Å². The summed E-state index contributed by atoms with van der Waals surface area (Å²) >= 11 is 1.72. The van der Waals surface area contributed by atoms with Gasteiger partial charge in [-0.05, 0) is 25.7 Å². The Hall–Kier alpha value is -1.67. The zero-order valence-electron chi connectivity index (χ0n) is 13.3. The summed E-state index contributed by atoms with van der Waals surface area (Å²) in [4.78, 5) is 12.1. The number of rotatable bonds is 11. The van der Waals surface area contributed by atoms with Gasteiger partial charge >= 0.3 is 0 Å². The van der Waals surface area contributed by atoms with Gasteiger partial charge in [-0.1, -0.05) is 6.92 Å². The maximum absolute atomic E-state index is 10.4. The van der Waals surface area contributed by atoms with Crippen LogP contribution in [-0.4, -0.2) is 42.8 Å². The highest BCUT2D eigenvalue weighted by atomic mass is 32.2. The molecule has 0 radical (unpaired) electrons. The number of nitro groups is 1. The van der Waals surface area contributed by atoms with Gasteiger partial charge in [0.25, 0.3) is 6.20 Å². The van der Waals surface area contributed by atoms with Crippen molar-refractivity contribution in [2.75, 3.05) is 32.9 Å². The Bertz CT molecular complexity index is 490. The van der Waals surface area contributed by atoms with Gasteiger partial charge in [-0.3, -0.25) is 15.0 Å². The van der Waals surface area contributed by atoms with Gasteiger partial charge in [0, 0.05) is 19.3 Å². The smallest absolute Gasteiger partial charge is 0.274 e. The Morgan fingerprint density at radius 3 is 2.86 bits per heavy atom. The van der Waals surface area contributed by atoms with Gasteiger partial charge in [0.2, 0.25) is 0 Å². The fourth-order valence-electron chi connectivity index (χ4n) is 1.70. The molecule has 0 bridgehead atoms. The van der Waals surface area contributed by atoms with Crippen molar-refractivity contribution < 1.29 is 9.34 Å². The fourth-order valence-corrected chi connectivity index (χ4v) is 2.44. The Balaban J connectivity index is 2.23. The lowest BCUT2D eigenvalue weighted by atomic mass is 10.4. The lowest BCUT2D eigenvalue weighted by molar-refractivity contribution is -0.404. The van der Waals surface area contributed by atoms with E-state index >= 15 is 0 Å². The second-order valence-electron chi connectivity index (χ2n) is 4.76. The van der Waals surface area contributed by atoms with Crippen LogP contribution in [0.5, 0.6) is 0 Å². The third kappa shape index (κ3) is 7.37. The predicted octanol–water partition coefficient (Wildman–Crippen LogP) is 1.85. The van der Waals surface area contributed by atoms with Crippen molar-refractivity contribution in [2.24, 2.45) is 0 Å². The fraction of sp³-hybridized carbons (Fsp3) is 0.571. The molecule has 0 atom stereocenters. The maximum atomic E-state index is 10.4. The summed E-state index contributed by atoms with van der Waals surface area (Å²) in [6.45, 7) is 4.57. The van der Waals surface area contributed by atoms with Crippen molar-refractivity contribution in [2.45, 2.75) is 19.2 Å². The highest BCUT2D eigenvalue weighted by molar-refractivity contribution is 7.98. The van der Waals surface area contributed by atoms with Gasteiger partial charge in [0.05, 0.1) is 17.2 Å². The third-order valence-corrected chi connectivity index (χ3v) is 3.97. The summed E-state index contributed by atoms with van der Waals surface area (Å²) in [5.41, 5.74) is 0. The molecule has 1 heterocycles. The van der Waals surface area contributed by atoms with Gasteiger partial charge < -0.3 is 15.1 Å². The number of furan rings is 1. The number of nitrogens with zero attached hydrogens (tertiary/aromatic N) is 2. The standard InChI is InChI=1S/C14H24N4O3S/c1-4-17(3)9-12-5-6-13(21-12)11-22-8-7-16-14(15-2)10-18(19)20/h5-6,10,15-16H,4,7-9,11H2,1-3H3. The zero-order valence-corrected chi connectivity index (χ0v) is 14.1. The summed E-state index contributed by atoms with van der Waals surface area (Å²) < 4.78 is 5.76. The number of hydrogen-bond acceptors (Lipinski definition) is 7. The topological polar surface area (TPSA) is 83.6 Å². The molecule has 0 saturated heterocycles. The van der Waals surface area contributed by atoms with Crippen LogP contribution in [0.4, 0.5) is 0 Å². The first-order valence-electron chi connectivity index (χ1n) is 7.16. The molecule has 1 aromatic heterocycles.